The van der Waals surface area contributed by atoms with Gasteiger partial charge in [0, 0.05) is 12.8 Å². The maximum absolute atomic E-state index is 8.00. The van der Waals surface area contributed by atoms with Crippen molar-refractivity contribution in [1.29, 1.82) is 0 Å². The van der Waals surface area contributed by atoms with Crippen molar-refractivity contribution >= 4 is 6.21 Å². The van der Waals surface area contributed by atoms with E-state index in [2.05, 4.69) is 10.0 Å². The maximum atomic E-state index is 8.00. The number of nitrogens with zero attached hydrogens (tertiary/aromatic N) is 2. The van der Waals surface area contributed by atoms with Gasteiger partial charge in [0.1, 0.15) is 6.21 Å². The first-order chi connectivity index (χ1) is 3.83. The lowest BCUT2D eigenvalue weighted by Gasteiger charge is -1.84. The third-order valence-corrected chi connectivity index (χ3v) is 1.28. The molecular formula is C5H6N2O. The number of oxime groups is 1. The molecule has 0 spiro atoms. The van der Waals surface area contributed by atoms with Gasteiger partial charge in [-0.1, -0.05) is 5.16 Å². The summed E-state index contributed by atoms with van der Waals surface area (Å²) in [6, 6.07) is 0. The van der Waals surface area contributed by atoms with Crippen LogP contribution in [0, 0.1) is 6.57 Å². The van der Waals surface area contributed by atoms with Crippen molar-refractivity contribution in [2.75, 3.05) is 0 Å². The molecule has 1 N–H and O–H groups in total. The summed E-state index contributed by atoms with van der Waals surface area (Å²) in [6.45, 7) is 6.59. The van der Waals surface area contributed by atoms with Gasteiger partial charge in [0.05, 0.1) is 0 Å². The van der Waals surface area contributed by atoms with Gasteiger partial charge >= 0.3 is 0 Å². The van der Waals surface area contributed by atoms with E-state index in [0.29, 0.717) is 0 Å². The van der Waals surface area contributed by atoms with Crippen LogP contribution >= 0.6 is 0 Å². The van der Waals surface area contributed by atoms with Gasteiger partial charge < -0.3 is 10.1 Å². The first-order valence-corrected chi connectivity index (χ1v) is 2.40. The summed E-state index contributed by atoms with van der Waals surface area (Å²) in [6.07, 6.45) is 3.00. The Hall–Kier alpha value is -1.04. The molecule has 0 amide bonds. The summed E-state index contributed by atoms with van der Waals surface area (Å²) in [4.78, 5) is 3.26. The maximum Gasteiger partial charge on any atom is 0.271 e. The molecule has 0 aliphatic heterocycles. The Labute approximate surface area is 47.4 Å². The van der Waals surface area contributed by atoms with Gasteiger partial charge in [0.15, 0.2) is 0 Å². The molecule has 3 heteroatoms. The zero-order valence-corrected chi connectivity index (χ0v) is 4.33. The van der Waals surface area contributed by atoms with E-state index in [1.807, 2.05) is 0 Å². The van der Waals surface area contributed by atoms with Crippen LogP contribution in [-0.4, -0.2) is 17.0 Å². The molecule has 0 aromatic heterocycles. The second-order valence-electron chi connectivity index (χ2n) is 1.96. The van der Waals surface area contributed by atoms with E-state index < -0.39 is 5.54 Å². The van der Waals surface area contributed by atoms with Crippen molar-refractivity contribution < 1.29 is 5.21 Å². The summed E-state index contributed by atoms with van der Waals surface area (Å²) in [5.41, 5.74) is -0.408. The van der Waals surface area contributed by atoms with Gasteiger partial charge in [-0.15, -0.1) is 0 Å². The molecule has 1 rings (SSSR count). The van der Waals surface area contributed by atoms with Crippen molar-refractivity contribution in [3.05, 3.63) is 11.4 Å². The molecule has 1 fully saturated rings. The van der Waals surface area contributed by atoms with Crippen LogP contribution in [0.2, 0.25) is 0 Å². The van der Waals surface area contributed by atoms with E-state index in [1.54, 1.807) is 0 Å². The average molecular weight is 110 g/mol. The smallest absolute Gasteiger partial charge is 0.271 e. The summed E-state index contributed by atoms with van der Waals surface area (Å²) in [5.74, 6) is 0. The highest BCUT2D eigenvalue weighted by Gasteiger charge is 2.49. The summed E-state index contributed by atoms with van der Waals surface area (Å²) >= 11 is 0. The van der Waals surface area contributed by atoms with E-state index in [0.717, 1.165) is 12.8 Å². The molecule has 0 aromatic carbocycles. The predicted octanol–water partition coefficient (Wildman–Crippen LogP) is 0.898. The van der Waals surface area contributed by atoms with Crippen LogP contribution < -0.4 is 0 Å². The standard InChI is InChI=1S/C5H6N2O/c1-6-5(2-3-5)4-7-8/h4,8H,2-3H2/b7-4+. The Kier molecular flexibility index (Phi) is 0.943. The zero-order valence-electron chi connectivity index (χ0n) is 4.33. The minimum atomic E-state index is -0.408. The largest absolute Gasteiger partial charge is 0.411 e. The number of rotatable bonds is 1. The highest BCUT2D eigenvalue weighted by molar-refractivity contribution is 5.76. The van der Waals surface area contributed by atoms with Gasteiger partial charge in [-0.3, -0.25) is 0 Å². The molecule has 0 bridgehead atoms. The SMILES string of the molecule is [C-]#[N+]C1(/C=N/O)CC1. The molecule has 0 unspecified atom stereocenters. The van der Waals surface area contributed by atoms with Crippen LogP contribution in [0.3, 0.4) is 0 Å². The Bertz CT molecular complexity index is 152. The number of hydrogen-bond acceptors (Lipinski definition) is 2. The molecule has 1 aliphatic carbocycles. The summed E-state index contributed by atoms with van der Waals surface area (Å²) in [5, 5.41) is 10.8. The van der Waals surface area contributed by atoms with Crippen LogP contribution in [0.1, 0.15) is 12.8 Å². The average Bonchev–Trinajstić information content (AvgIpc) is 2.50. The predicted molar refractivity (Wildman–Crippen MR) is 28.8 cm³/mol. The zero-order chi connectivity index (χ0) is 6.04. The molecule has 0 heterocycles. The monoisotopic (exact) mass is 110 g/mol. The molecule has 0 saturated heterocycles. The van der Waals surface area contributed by atoms with Gasteiger partial charge in [-0.2, -0.15) is 0 Å². The highest BCUT2D eigenvalue weighted by Crippen LogP contribution is 2.37. The fourth-order valence-electron chi connectivity index (χ4n) is 0.505. The molecular weight excluding hydrogens is 104 g/mol. The van der Waals surface area contributed by atoms with Crippen LogP contribution in [0.5, 0.6) is 0 Å². The molecule has 1 saturated carbocycles. The van der Waals surface area contributed by atoms with Crippen molar-refractivity contribution in [3.8, 4) is 0 Å². The minimum Gasteiger partial charge on any atom is -0.411 e. The van der Waals surface area contributed by atoms with Crippen LogP contribution in [0.4, 0.5) is 0 Å². The van der Waals surface area contributed by atoms with E-state index in [-0.39, 0.29) is 0 Å². The lowest BCUT2D eigenvalue weighted by molar-refractivity contribution is 0.320. The van der Waals surface area contributed by atoms with Crippen molar-refractivity contribution in [2.24, 2.45) is 5.16 Å². The second kappa shape index (κ2) is 1.48. The van der Waals surface area contributed by atoms with E-state index in [4.69, 9.17) is 11.8 Å². The number of hydrogen-bond donors (Lipinski definition) is 1. The normalized spacial score (nSPS) is 22.9. The van der Waals surface area contributed by atoms with Gasteiger partial charge in [-0.25, -0.2) is 6.57 Å². The lowest BCUT2D eigenvalue weighted by atomic mass is 10.3. The molecule has 0 radical (unpaired) electrons. The van der Waals surface area contributed by atoms with Crippen molar-refractivity contribution in [2.45, 2.75) is 18.4 Å². The van der Waals surface area contributed by atoms with Gasteiger partial charge in [-0.05, 0) is 0 Å². The molecule has 1 aliphatic rings. The third kappa shape index (κ3) is 0.648. The molecule has 0 atom stereocenters. The summed E-state index contributed by atoms with van der Waals surface area (Å²) in [7, 11) is 0. The Morgan fingerprint density at radius 1 is 1.75 bits per heavy atom. The first-order valence-electron chi connectivity index (χ1n) is 2.40. The Morgan fingerprint density at radius 2 is 2.38 bits per heavy atom. The molecule has 42 valence electrons. The van der Waals surface area contributed by atoms with Crippen LogP contribution in [0.15, 0.2) is 5.16 Å². The van der Waals surface area contributed by atoms with E-state index in [9.17, 15) is 0 Å². The van der Waals surface area contributed by atoms with Crippen molar-refractivity contribution in [3.63, 3.8) is 0 Å². The van der Waals surface area contributed by atoms with E-state index >= 15 is 0 Å². The minimum absolute atomic E-state index is 0.408. The quantitative estimate of drug-likeness (QED) is 0.231. The molecule has 8 heavy (non-hydrogen) atoms. The Morgan fingerprint density at radius 3 is 2.50 bits per heavy atom. The first kappa shape index (κ1) is 5.10. The Balaban J connectivity index is 2.57. The molecule has 0 aromatic rings. The van der Waals surface area contributed by atoms with Crippen molar-refractivity contribution in [1.82, 2.24) is 0 Å². The second-order valence-corrected chi connectivity index (χ2v) is 1.96. The highest BCUT2D eigenvalue weighted by atomic mass is 16.4. The fourth-order valence-corrected chi connectivity index (χ4v) is 0.505. The van der Waals surface area contributed by atoms with Gasteiger partial charge in [0.25, 0.3) is 5.54 Å². The van der Waals surface area contributed by atoms with Gasteiger partial charge in [0.2, 0.25) is 0 Å². The lowest BCUT2D eigenvalue weighted by Crippen LogP contribution is -2.01. The fraction of sp³-hybridized carbons (Fsp3) is 0.600. The topological polar surface area (TPSA) is 37.0 Å². The van der Waals surface area contributed by atoms with Crippen LogP contribution in [0.25, 0.3) is 4.85 Å². The third-order valence-electron chi connectivity index (χ3n) is 1.28. The van der Waals surface area contributed by atoms with E-state index in [1.165, 1.54) is 6.21 Å². The molecule has 3 nitrogen and oxygen atoms in total. The van der Waals surface area contributed by atoms with Crippen LogP contribution in [-0.2, 0) is 0 Å². The summed E-state index contributed by atoms with van der Waals surface area (Å²) < 4.78 is 0.